The highest BCUT2D eigenvalue weighted by Gasteiger charge is 2.16. The quantitative estimate of drug-likeness (QED) is 0.447. The van der Waals surface area contributed by atoms with Crippen molar-refractivity contribution in [2.24, 2.45) is 0 Å². The molecule has 0 saturated heterocycles. The number of aryl methyl sites for hydroxylation is 2. The molecule has 0 atom stereocenters. The van der Waals surface area contributed by atoms with E-state index in [4.69, 9.17) is 10.2 Å². The van der Waals surface area contributed by atoms with Crippen LogP contribution in [-0.4, -0.2) is 34.6 Å². The Bertz CT molecular complexity index is 1270. The van der Waals surface area contributed by atoms with Gasteiger partial charge in [-0.3, -0.25) is 4.98 Å². The van der Waals surface area contributed by atoms with Gasteiger partial charge in [-0.25, -0.2) is 4.68 Å². The first kappa shape index (κ1) is 17.7. The maximum Gasteiger partial charge on any atom is 0.234 e. The second kappa shape index (κ2) is 7.21. The topological polar surface area (TPSA) is 73.8 Å². The smallest absolute Gasteiger partial charge is 0.234 e. The molecule has 144 valence electrons. The first-order chi connectivity index (χ1) is 14.2. The third kappa shape index (κ3) is 3.21. The molecule has 0 aliphatic heterocycles. The minimum atomic E-state index is 0.722. The number of nitrogens with zero attached hydrogens (tertiary/aromatic N) is 7. The Hall–Kier alpha value is -3.39. The summed E-state index contributed by atoms with van der Waals surface area (Å²) in [6, 6.07) is 14.1. The van der Waals surface area contributed by atoms with Gasteiger partial charge in [0.05, 0.1) is 11.4 Å². The van der Waals surface area contributed by atoms with E-state index in [0.717, 1.165) is 45.6 Å². The summed E-state index contributed by atoms with van der Waals surface area (Å²) in [6.07, 6.45) is 5.24. The molecule has 4 heterocycles. The third-order valence-corrected chi connectivity index (χ3v) is 5.94. The molecule has 0 aliphatic rings. The van der Waals surface area contributed by atoms with Crippen molar-refractivity contribution in [3.05, 3.63) is 76.8 Å². The zero-order chi connectivity index (χ0) is 19.8. The van der Waals surface area contributed by atoms with Crippen molar-refractivity contribution in [2.75, 3.05) is 0 Å². The molecule has 29 heavy (non-hydrogen) atoms. The van der Waals surface area contributed by atoms with Gasteiger partial charge in [-0.2, -0.15) is 14.7 Å². The molecule has 0 spiro atoms. The van der Waals surface area contributed by atoms with Gasteiger partial charge in [0, 0.05) is 30.1 Å². The summed E-state index contributed by atoms with van der Waals surface area (Å²) < 4.78 is 3.83. The standard InChI is InChI=1S/C21H19N7S/c1-14-18(15(2)27(25-14)17-8-4-3-5-9-17)10-11-19-26-28-20(23-24-21(28)29-19)16-7-6-12-22-13-16/h3-9,12-13H,10-11H2,1-2H3. The molecule has 0 aliphatic carbocycles. The van der Waals surface area contributed by atoms with Crippen molar-refractivity contribution in [3.63, 3.8) is 0 Å². The van der Waals surface area contributed by atoms with Crippen LogP contribution in [0.25, 0.3) is 22.0 Å². The average molecular weight is 401 g/mol. The average Bonchev–Trinajstić information content (AvgIpc) is 3.41. The van der Waals surface area contributed by atoms with Gasteiger partial charge in [-0.1, -0.05) is 29.5 Å². The lowest BCUT2D eigenvalue weighted by molar-refractivity contribution is 0.829. The molecule has 0 fully saturated rings. The van der Waals surface area contributed by atoms with Gasteiger partial charge in [0.15, 0.2) is 5.82 Å². The van der Waals surface area contributed by atoms with E-state index in [1.165, 1.54) is 11.3 Å². The molecule has 4 aromatic heterocycles. The molecule has 0 amide bonds. The monoisotopic (exact) mass is 401 g/mol. The van der Waals surface area contributed by atoms with Gasteiger partial charge in [-0.05, 0) is 50.1 Å². The molecule has 0 N–H and O–H groups in total. The van der Waals surface area contributed by atoms with Crippen molar-refractivity contribution in [3.8, 4) is 17.1 Å². The second-order valence-electron chi connectivity index (χ2n) is 6.85. The van der Waals surface area contributed by atoms with Crippen LogP contribution in [0.4, 0.5) is 0 Å². The van der Waals surface area contributed by atoms with Gasteiger partial charge < -0.3 is 0 Å². The number of fused-ring (bicyclic) bond motifs is 1. The van der Waals surface area contributed by atoms with Gasteiger partial charge in [0.2, 0.25) is 4.96 Å². The van der Waals surface area contributed by atoms with Crippen LogP contribution in [0.3, 0.4) is 0 Å². The van der Waals surface area contributed by atoms with Crippen LogP contribution in [0.1, 0.15) is 22.0 Å². The summed E-state index contributed by atoms with van der Waals surface area (Å²) in [7, 11) is 0. The number of hydrogen-bond donors (Lipinski definition) is 0. The summed E-state index contributed by atoms with van der Waals surface area (Å²) in [5, 5.41) is 19.1. The van der Waals surface area contributed by atoms with Gasteiger partial charge >= 0.3 is 0 Å². The van der Waals surface area contributed by atoms with E-state index < -0.39 is 0 Å². The highest BCUT2D eigenvalue weighted by molar-refractivity contribution is 7.16. The molecule has 5 rings (SSSR count). The Morgan fingerprint density at radius 3 is 2.59 bits per heavy atom. The lowest BCUT2D eigenvalue weighted by Crippen LogP contribution is -2.00. The minimum Gasteiger partial charge on any atom is -0.264 e. The number of para-hydroxylation sites is 1. The lowest BCUT2D eigenvalue weighted by atomic mass is 10.1. The first-order valence-electron chi connectivity index (χ1n) is 9.43. The molecule has 0 saturated carbocycles. The van der Waals surface area contributed by atoms with E-state index in [9.17, 15) is 0 Å². The van der Waals surface area contributed by atoms with Crippen LogP contribution in [0.15, 0.2) is 54.9 Å². The molecular formula is C21H19N7S. The maximum absolute atomic E-state index is 4.74. The summed E-state index contributed by atoms with van der Waals surface area (Å²) >= 11 is 1.58. The van der Waals surface area contributed by atoms with E-state index in [2.05, 4.69) is 41.2 Å². The molecule has 0 unspecified atom stereocenters. The van der Waals surface area contributed by atoms with Crippen LogP contribution in [-0.2, 0) is 12.8 Å². The van der Waals surface area contributed by atoms with E-state index in [0.29, 0.717) is 0 Å². The molecule has 1 aromatic carbocycles. The van der Waals surface area contributed by atoms with Crippen LogP contribution < -0.4 is 0 Å². The predicted molar refractivity (Wildman–Crippen MR) is 112 cm³/mol. The van der Waals surface area contributed by atoms with Crippen LogP contribution in [0.5, 0.6) is 0 Å². The first-order valence-corrected chi connectivity index (χ1v) is 10.2. The largest absolute Gasteiger partial charge is 0.264 e. The zero-order valence-corrected chi connectivity index (χ0v) is 17.0. The summed E-state index contributed by atoms with van der Waals surface area (Å²) in [6.45, 7) is 4.20. The summed E-state index contributed by atoms with van der Waals surface area (Å²) in [4.78, 5) is 4.96. The predicted octanol–water partition coefficient (Wildman–Crippen LogP) is 3.84. The molecule has 8 heteroatoms. The van der Waals surface area contributed by atoms with Gasteiger partial charge in [-0.15, -0.1) is 10.2 Å². The molecule has 5 aromatic rings. The van der Waals surface area contributed by atoms with Crippen molar-refractivity contribution in [1.29, 1.82) is 0 Å². The molecule has 7 nitrogen and oxygen atoms in total. The Morgan fingerprint density at radius 2 is 1.79 bits per heavy atom. The third-order valence-electron chi connectivity index (χ3n) is 4.98. The van der Waals surface area contributed by atoms with E-state index >= 15 is 0 Å². The Morgan fingerprint density at radius 1 is 0.931 bits per heavy atom. The van der Waals surface area contributed by atoms with Crippen LogP contribution >= 0.6 is 11.3 Å². The van der Waals surface area contributed by atoms with Crippen molar-refractivity contribution >= 4 is 16.3 Å². The fraction of sp³-hybridized carbons (Fsp3) is 0.190. The van der Waals surface area contributed by atoms with Crippen LogP contribution in [0, 0.1) is 13.8 Å². The van der Waals surface area contributed by atoms with Crippen LogP contribution in [0.2, 0.25) is 0 Å². The fourth-order valence-electron chi connectivity index (χ4n) is 3.52. The minimum absolute atomic E-state index is 0.722. The molecular weight excluding hydrogens is 382 g/mol. The Labute approximate surface area is 171 Å². The lowest BCUT2D eigenvalue weighted by Gasteiger charge is -2.04. The highest BCUT2D eigenvalue weighted by atomic mass is 32.1. The SMILES string of the molecule is Cc1nn(-c2ccccc2)c(C)c1CCc1nn2c(-c3cccnc3)nnc2s1. The number of benzene rings is 1. The number of aromatic nitrogens is 7. The van der Waals surface area contributed by atoms with Gasteiger partial charge in [0.1, 0.15) is 5.01 Å². The second-order valence-corrected chi connectivity index (χ2v) is 7.89. The molecule has 0 bridgehead atoms. The van der Waals surface area contributed by atoms with Crippen molar-refractivity contribution in [1.82, 2.24) is 34.6 Å². The molecule has 0 radical (unpaired) electrons. The van der Waals surface area contributed by atoms with E-state index in [1.807, 2.05) is 39.5 Å². The zero-order valence-electron chi connectivity index (χ0n) is 16.1. The highest BCUT2D eigenvalue weighted by Crippen LogP contribution is 2.24. The maximum atomic E-state index is 4.74. The van der Waals surface area contributed by atoms with Crippen molar-refractivity contribution < 1.29 is 0 Å². The Balaban J connectivity index is 1.40. The summed E-state index contributed by atoms with van der Waals surface area (Å²) in [5.41, 5.74) is 5.50. The Kier molecular flexibility index (Phi) is 4.40. The number of hydrogen-bond acceptors (Lipinski definition) is 6. The summed E-state index contributed by atoms with van der Waals surface area (Å²) in [5.74, 6) is 0.722. The number of pyridine rings is 1. The fourth-order valence-corrected chi connectivity index (χ4v) is 4.35. The van der Waals surface area contributed by atoms with Gasteiger partial charge in [0.25, 0.3) is 0 Å². The van der Waals surface area contributed by atoms with E-state index in [1.54, 1.807) is 23.7 Å². The van der Waals surface area contributed by atoms with E-state index in [-0.39, 0.29) is 0 Å². The number of rotatable bonds is 5. The van der Waals surface area contributed by atoms with Crippen molar-refractivity contribution in [2.45, 2.75) is 26.7 Å². The normalized spacial score (nSPS) is 11.4.